The van der Waals surface area contributed by atoms with Crippen LogP contribution in [0.4, 0.5) is 11.5 Å². The zero-order valence-corrected chi connectivity index (χ0v) is 18.4. The summed E-state index contributed by atoms with van der Waals surface area (Å²) in [6, 6.07) is 9.34. The molecule has 3 rings (SSSR count). The first-order chi connectivity index (χ1) is 14.0. The first kappa shape index (κ1) is 21.8. The van der Waals surface area contributed by atoms with Crippen molar-refractivity contribution in [2.24, 2.45) is 5.41 Å². The third-order valence-corrected chi connectivity index (χ3v) is 6.64. The predicted octanol–water partition coefficient (Wildman–Crippen LogP) is 1.64. The second kappa shape index (κ2) is 7.75. The number of H-pyrrole nitrogens is 1. The van der Waals surface area contributed by atoms with Crippen molar-refractivity contribution in [1.29, 1.82) is 0 Å². The topological polar surface area (TPSA) is 104 Å². The smallest absolute Gasteiger partial charge is 0.330 e. The normalized spacial score (nSPS) is 17.4. The molecule has 1 saturated heterocycles. The zero-order valence-electron chi connectivity index (χ0n) is 18.4. The van der Waals surface area contributed by atoms with E-state index in [0.29, 0.717) is 0 Å². The highest BCUT2D eigenvalue weighted by atomic mass is 16.2. The minimum absolute atomic E-state index is 0.00833. The molecular formula is C22H31N5O3. The van der Waals surface area contributed by atoms with Crippen LogP contribution in [0.15, 0.2) is 39.9 Å². The van der Waals surface area contributed by atoms with Gasteiger partial charge in [0.05, 0.1) is 13.1 Å². The number of carbonyl (C=O) groups excluding carboxylic acids is 1. The fraction of sp³-hybridized carbons (Fsp3) is 0.500. The van der Waals surface area contributed by atoms with Gasteiger partial charge in [0.1, 0.15) is 5.82 Å². The Kier molecular flexibility index (Phi) is 5.64. The van der Waals surface area contributed by atoms with Crippen LogP contribution in [-0.4, -0.2) is 45.5 Å². The fourth-order valence-corrected chi connectivity index (χ4v) is 3.93. The molecular weight excluding hydrogens is 382 g/mol. The molecule has 0 spiro atoms. The summed E-state index contributed by atoms with van der Waals surface area (Å²) in [5.41, 5.74) is 5.86. The van der Waals surface area contributed by atoms with Crippen molar-refractivity contribution in [1.82, 2.24) is 14.5 Å². The van der Waals surface area contributed by atoms with Gasteiger partial charge in [-0.1, -0.05) is 44.2 Å². The van der Waals surface area contributed by atoms with Gasteiger partial charge in [0.2, 0.25) is 5.91 Å². The second-order valence-electron chi connectivity index (χ2n) is 9.00. The lowest BCUT2D eigenvalue weighted by Crippen LogP contribution is -2.70. The number of hydrogen-bond donors (Lipinski definition) is 2. The van der Waals surface area contributed by atoms with Crippen molar-refractivity contribution in [2.75, 3.05) is 30.3 Å². The Morgan fingerprint density at radius 3 is 2.33 bits per heavy atom. The molecule has 1 aliphatic rings. The third kappa shape index (κ3) is 3.67. The van der Waals surface area contributed by atoms with Crippen LogP contribution in [0.1, 0.15) is 40.2 Å². The molecule has 0 radical (unpaired) electrons. The number of nitrogen functional groups attached to an aromatic ring is 1. The number of amides is 1. The van der Waals surface area contributed by atoms with Gasteiger partial charge in [-0.2, -0.15) is 0 Å². The minimum atomic E-state index is -0.653. The van der Waals surface area contributed by atoms with Gasteiger partial charge in [-0.15, -0.1) is 0 Å². The van der Waals surface area contributed by atoms with Gasteiger partial charge in [0.25, 0.3) is 5.56 Å². The van der Waals surface area contributed by atoms with Crippen molar-refractivity contribution in [3.05, 3.63) is 56.7 Å². The molecule has 2 aromatic rings. The highest BCUT2D eigenvalue weighted by molar-refractivity contribution is 5.96. The molecule has 8 heteroatoms. The molecule has 1 aliphatic heterocycles. The van der Waals surface area contributed by atoms with Crippen molar-refractivity contribution in [3.63, 3.8) is 0 Å². The van der Waals surface area contributed by atoms with E-state index in [2.05, 4.69) is 37.6 Å². The molecule has 3 N–H and O–H groups in total. The Morgan fingerprint density at radius 2 is 1.80 bits per heavy atom. The van der Waals surface area contributed by atoms with Gasteiger partial charge < -0.3 is 10.6 Å². The van der Waals surface area contributed by atoms with Crippen LogP contribution in [-0.2, 0) is 11.3 Å². The third-order valence-electron chi connectivity index (χ3n) is 6.64. The van der Waals surface area contributed by atoms with Crippen LogP contribution < -0.4 is 21.9 Å². The van der Waals surface area contributed by atoms with Crippen molar-refractivity contribution < 1.29 is 4.79 Å². The first-order valence-corrected chi connectivity index (χ1v) is 10.2. The number of likely N-dealkylation sites (N-methyl/N-ethyl adjacent to an activating group) is 1. The van der Waals surface area contributed by atoms with Gasteiger partial charge in [0.15, 0.2) is 5.69 Å². The molecule has 1 aromatic heterocycles. The summed E-state index contributed by atoms with van der Waals surface area (Å²) in [7, 11) is 0. The van der Waals surface area contributed by atoms with Crippen LogP contribution >= 0.6 is 0 Å². The lowest BCUT2D eigenvalue weighted by molar-refractivity contribution is -0.140. The maximum atomic E-state index is 13.1. The summed E-state index contributed by atoms with van der Waals surface area (Å²) in [5.74, 6) is -0.228. The number of aromatic nitrogens is 2. The van der Waals surface area contributed by atoms with Crippen LogP contribution in [0.3, 0.4) is 0 Å². The fourth-order valence-electron chi connectivity index (χ4n) is 3.93. The van der Waals surface area contributed by atoms with E-state index < -0.39 is 11.2 Å². The largest absolute Gasteiger partial charge is 0.383 e. The SMILES string of the molecule is CCN(C(=O)CN1CC(C)(C)C1(C)C)c1c(N)n(Cc2ccccc2)c(=O)[nH]c1=O. The van der Waals surface area contributed by atoms with E-state index in [0.717, 1.165) is 12.1 Å². The Balaban J connectivity index is 1.93. The van der Waals surface area contributed by atoms with Gasteiger partial charge in [-0.05, 0) is 31.7 Å². The van der Waals surface area contributed by atoms with Crippen molar-refractivity contribution in [3.8, 4) is 0 Å². The summed E-state index contributed by atoms with van der Waals surface area (Å²) in [5, 5.41) is 0. The Hall–Kier alpha value is -2.87. The van der Waals surface area contributed by atoms with E-state index in [-0.39, 0.29) is 48.0 Å². The standard InChI is InChI=1S/C22H31N5O3/c1-6-26(16(28)13-25-14-21(2,3)22(25,4)5)17-18(23)27(20(30)24-19(17)29)12-15-10-8-7-9-11-15/h7-11H,6,12-14,23H2,1-5H3,(H,24,29,30). The molecule has 1 amide bonds. The Morgan fingerprint density at radius 1 is 1.17 bits per heavy atom. The molecule has 0 atom stereocenters. The van der Waals surface area contributed by atoms with Gasteiger partial charge in [-0.25, -0.2) is 4.79 Å². The molecule has 0 saturated carbocycles. The highest BCUT2D eigenvalue weighted by Crippen LogP contribution is 2.46. The number of nitrogens with one attached hydrogen (secondary N) is 1. The number of aromatic amines is 1. The van der Waals surface area contributed by atoms with Crippen LogP contribution in [0, 0.1) is 5.41 Å². The number of hydrogen-bond acceptors (Lipinski definition) is 5. The highest BCUT2D eigenvalue weighted by Gasteiger charge is 2.52. The molecule has 2 heterocycles. The number of nitrogens with zero attached hydrogens (tertiary/aromatic N) is 3. The van der Waals surface area contributed by atoms with E-state index in [1.54, 1.807) is 6.92 Å². The first-order valence-electron chi connectivity index (χ1n) is 10.2. The number of carbonyl (C=O) groups is 1. The average Bonchev–Trinajstić information content (AvgIpc) is 2.68. The Bertz CT molecular complexity index is 1050. The molecule has 0 unspecified atom stereocenters. The van der Waals surface area contributed by atoms with Crippen LogP contribution in [0.5, 0.6) is 0 Å². The molecule has 0 aliphatic carbocycles. The van der Waals surface area contributed by atoms with E-state index in [4.69, 9.17) is 5.73 Å². The summed E-state index contributed by atoms with van der Waals surface area (Å²) >= 11 is 0. The number of likely N-dealkylation sites (tertiary alicyclic amines) is 1. The van der Waals surface area contributed by atoms with Gasteiger partial charge >= 0.3 is 5.69 Å². The summed E-state index contributed by atoms with van der Waals surface area (Å²) in [6.45, 7) is 11.8. The Labute approximate surface area is 176 Å². The maximum absolute atomic E-state index is 13.1. The number of benzene rings is 1. The lowest BCUT2D eigenvalue weighted by Gasteiger charge is -2.61. The second-order valence-corrected chi connectivity index (χ2v) is 9.00. The maximum Gasteiger partial charge on any atom is 0.330 e. The predicted molar refractivity (Wildman–Crippen MR) is 119 cm³/mol. The molecule has 1 fully saturated rings. The number of anilines is 2. The quantitative estimate of drug-likeness (QED) is 0.749. The number of nitrogens with two attached hydrogens (primary N) is 1. The number of rotatable bonds is 6. The van der Waals surface area contributed by atoms with Gasteiger partial charge in [0, 0.05) is 18.6 Å². The van der Waals surface area contributed by atoms with E-state index in [1.165, 1.54) is 9.47 Å². The molecule has 1 aromatic carbocycles. The molecule has 0 bridgehead atoms. The van der Waals surface area contributed by atoms with E-state index >= 15 is 0 Å². The van der Waals surface area contributed by atoms with E-state index in [9.17, 15) is 14.4 Å². The summed E-state index contributed by atoms with van der Waals surface area (Å²) in [6.07, 6.45) is 0. The van der Waals surface area contributed by atoms with Crippen LogP contribution in [0.25, 0.3) is 0 Å². The monoisotopic (exact) mass is 413 g/mol. The van der Waals surface area contributed by atoms with Crippen molar-refractivity contribution in [2.45, 2.75) is 46.7 Å². The van der Waals surface area contributed by atoms with Crippen LogP contribution in [0.2, 0.25) is 0 Å². The molecule has 162 valence electrons. The molecule has 8 nitrogen and oxygen atoms in total. The zero-order chi connectivity index (χ0) is 22.3. The van der Waals surface area contributed by atoms with Crippen molar-refractivity contribution >= 4 is 17.4 Å². The van der Waals surface area contributed by atoms with Gasteiger partial charge in [-0.3, -0.25) is 24.0 Å². The summed E-state index contributed by atoms with van der Waals surface area (Å²) in [4.78, 5) is 43.9. The lowest BCUT2D eigenvalue weighted by atomic mass is 9.65. The minimum Gasteiger partial charge on any atom is -0.383 e. The summed E-state index contributed by atoms with van der Waals surface area (Å²) < 4.78 is 1.29. The average molecular weight is 414 g/mol. The van der Waals surface area contributed by atoms with E-state index in [1.807, 2.05) is 30.3 Å². The molecule has 30 heavy (non-hydrogen) atoms.